The van der Waals surface area contributed by atoms with Crippen molar-refractivity contribution in [2.45, 2.75) is 25.8 Å². The average molecular weight is 432 g/mol. The van der Waals surface area contributed by atoms with Crippen LogP contribution in [0.5, 0.6) is 5.75 Å². The first-order valence-electron chi connectivity index (χ1n) is 10.2. The number of carbonyl (C=O) groups is 1. The van der Waals surface area contributed by atoms with Crippen molar-refractivity contribution in [1.82, 2.24) is 4.90 Å². The number of anilines is 3. The molecule has 3 rings (SSSR count). The van der Waals surface area contributed by atoms with Gasteiger partial charge in [0, 0.05) is 20.1 Å². The van der Waals surface area contributed by atoms with Gasteiger partial charge in [0.1, 0.15) is 11.4 Å². The fourth-order valence-electron chi connectivity index (χ4n) is 3.47. The number of amides is 1. The van der Waals surface area contributed by atoms with Gasteiger partial charge in [-0.3, -0.25) is 14.4 Å². The van der Waals surface area contributed by atoms with Gasteiger partial charge < -0.3 is 20.6 Å². The van der Waals surface area contributed by atoms with Crippen LogP contribution < -0.4 is 21.5 Å². The van der Waals surface area contributed by atoms with Crippen LogP contribution in [0.4, 0.5) is 17.1 Å². The third-order valence-corrected chi connectivity index (χ3v) is 5.24. The lowest BCUT2D eigenvalue weighted by Gasteiger charge is -2.24. The summed E-state index contributed by atoms with van der Waals surface area (Å²) >= 11 is 0. The molecule has 8 nitrogen and oxygen atoms in total. The number of rotatable bonds is 7. The highest BCUT2D eigenvalue weighted by atomic mass is 16.3. The molecule has 0 heterocycles. The van der Waals surface area contributed by atoms with Gasteiger partial charge in [-0.1, -0.05) is 37.3 Å². The molecule has 0 spiro atoms. The quantitative estimate of drug-likeness (QED) is 0.454. The second kappa shape index (κ2) is 9.35. The van der Waals surface area contributed by atoms with Gasteiger partial charge in [-0.25, -0.2) is 0 Å². The molecule has 0 unspecified atom stereocenters. The lowest BCUT2D eigenvalue weighted by atomic mass is 9.99. The number of hydrogen-bond donors (Lipinski definition) is 3. The molecular weight excluding hydrogens is 408 g/mol. The van der Waals surface area contributed by atoms with E-state index in [2.05, 4.69) is 10.6 Å². The van der Waals surface area contributed by atoms with E-state index in [1.807, 2.05) is 43.4 Å². The molecule has 8 heteroatoms. The summed E-state index contributed by atoms with van der Waals surface area (Å²) in [6.45, 7) is 1.97. The summed E-state index contributed by atoms with van der Waals surface area (Å²) in [5.41, 5.74) is -0.201. The first kappa shape index (κ1) is 22.6. The van der Waals surface area contributed by atoms with E-state index < -0.39 is 22.5 Å². The predicted molar refractivity (Wildman–Crippen MR) is 124 cm³/mol. The number of nitriles is 1. The monoisotopic (exact) mass is 432 g/mol. The number of phenols is 1. The Labute approximate surface area is 185 Å². The number of allylic oxidation sites excluding steroid dienone is 5. The highest BCUT2D eigenvalue weighted by molar-refractivity contribution is 5.99. The molecule has 0 aliphatic heterocycles. The van der Waals surface area contributed by atoms with Gasteiger partial charge in [-0.05, 0) is 30.5 Å². The zero-order valence-electron chi connectivity index (χ0n) is 18.1. The molecular formula is C24H24N4O4. The highest BCUT2D eigenvalue weighted by Crippen LogP contribution is 2.34. The number of aromatic hydroxyl groups is 1. The number of phenolic OH excluding ortho intramolecular Hbond substituents is 1. The molecule has 3 N–H and O–H groups in total. The van der Waals surface area contributed by atoms with Crippen LogP contribution in [0.25, 0.3) is 0 Å². The topological polar surface area (TPSA) is 123 Å². The van der Waals surface area contributed by atoms with E-state index in [4.69, 9.17) is 0 Å². The Kier molecular flexibility index (Phi) is 6.59. The molecule has 1 amide bonds. The summed E-state index contributed by atoms with van der Waals surface area (Å²) in [6, 6.07) is 4.36. The SMILES string of the molecule is CC[C@@H](Nc1c(Nc2cc(C#N)cc(C(=O)N(C)C)c2O)c(=O)c1=O)C1=CC=CC=CC1. The normalized spacial score (nSPS) is 13.8. The van der Waals surface area contributed by atoms with Crippen LogP contribution in [0.1, 0.15) is 35.7 Å². The Balaban J connectivity index is 1.96. The van der Waals surface area contributed by atoms with Gasteiger partial charge in [0.2, 0.25) is 0 Å². The molecule has 0 saturated carbocycles. The minimum Gasteiger partial charge on any atom is -0.505 e. The minimum absolute atomic E-state index is 0.00278. The summed E-state index contributed by atoms with van der Waals surface area (Å²) in [6.07, 6.45) is 11.1. The van der Waals surface area contributed by atoms with Crippen LogP contribution in [0.15, 0.2) is 57.7 Å². The van der Waals surface area contributed by atoms with Gasteiger partial charge in [0.25, 0.3) is 16.8 Å². The van der Waals surface area contributed by atoms with E-state index in [9.17, 15) is 24.8 Å². The number of nitrogens with zero attached hydrogens (tertiary/aromatic N) is 2. The second-order valence-electron chi connectivity index (χ2n) is 7.63. The highest BCUT2D eigenvalue weighted by Gasteiger charge is 2.26. The number of benzene rings is 1. The van der Waals surface area contributed by atoms with Crippen molar-refractivity contribution >= 4 is 23.0 Å². The Hall–Kier alpha value is -4.12. The van der Waals surface area contributed by atoms with Gasteiger partial charge in [-0.15, -0.1) is 0 Å². The Bertz CT molecular complexity index is 1250. The van der Waals surface area contributed by atoms with Crippen LogP contribution in [0.3, 0.4) is 0 Å². The van der Waals surface area contributed by atoms with Crippen molar-refractivity contribution in [2.75, 3.05) is 24.7 Å². The van der Waals surface area contributed by atoms with Crippen molar-refractivity contribution < 1.29 is 9.90 Å². The summed E-state index contributed by atoms with van der Waals surface area (Å²) in [5.74, 6) is -0.908. The van der Waals surface area contributed by atoms with Crippen molar-refractivity contribution in [3.63, 3.8) is 0 Å². The van der Waals surface area contributed by atoms with Crippen LogP contribution in [-0.2, 0) is 0 Å². The van der Waals surface area contributed by atoms with Crippen LogP contribution in [-0.4, -0.2) is 36.1 Å². The van der Waals surface area contributed by atoms with E-state index >= 15 is 0 Å². The average Bonchev–Trinajstić information content (AvgIpc) is 3.08. The summed E-state index contributed by atoms with van der Waals surface area (Å²) in [5, 5.41) is 25.8. The largest absolute Gasteiger partial charge is 0.505 e. The molecule has 2 aromatic rings. The first-order chi connectivity index (χ1) is 15.3. The van der Waals surface area contributed by atoms with Gasteiger partial charge in [0.15, 0.2) is 5.75 Å². The Morgan fingerprint density at radius 3 is 2.56 bits per heavy atom. The first-order valence-corrected chi connectivity index (χ1v) is 10.2. The molecule has 32 heavy (non-hydrogen) atoms. The lowest BCUT2D eigenvalue weighted by Crippen LogP contribution is -2.39. The lowest BCUT2D eigenvalue weighted by molar-refractivity contribution is 0.0824. The molecule has 2 aromatic carbocycles. The molecule has 0 saturated heterocycles. The van der Waals surface area contributed by atoms with Gasteiger partial charge >= 0.3 is 0 Å². The zero-order chi connectivity index (χ0) is 23.4. The third kappa shape index (κ3) is 4.32. The molecule has 164 valence electrons. The number of carbonyl (C=O) groups excluding carboxylic acids is 1. The molecule has 0 fully saturated rings. The number of nitrogens with one attached hydrogen (secondary N) is 2. The molecule has 0 radical (unpaired) electrons. The van der Waals surface area contributed by atoms with Crippen LogP contribution in [0, 0.1) is 11.3 Å². The predicted octanol–water partition coefficient (Wildman–Crippen LogP) is 2.94. The third-order valence-electron chi connectivity index (χ3n) is 5.24. The standard InChI is InChI=1S/C24H24N4O4/c1-4-17(15-9-7-5-6-8-10-15)26-19-20(23(31)22(19)30)27-18-12-14(13-25)11-16(21(18)29)24(32)28(2)3/h5-9,11-12,17,26-27,29H,4,10H2,1-3H3/t17-/m1/s1. The van der Waals surface area contributed by atoms with Crippen LogP contribution in [0.2, 0.25) is 0 Å². The second-order valence-corrected chi connectivity index (χ2v) is 7.63. The zero-order valence-corrected chi connectivity index (χ0v) is 18.1. The van der Waals surface area contributed by atoms with E-state index in [1.54, 1.807) is 0 Å². The van der Waals surface area contributed by atoms with Crippen molar-refractivity contribution in [1.29, 1.82) is 5.26 Å². The van der Waals surface area contributed by atoms with E-state index in [0.717, 1.165) is 5.57 Å². The van der Waals surface area contributed by atoms with E-state index in [1.165, 1.54) is 31.1 Å². The molecule has 0 bridgehead atoms. The Morgan fingerprint density at radius 2 is 1.91 bits per heavy atom. The van der Waals surface area contributed by atoms with Crippen molar-refractivity contribution in [2.24, 2.45) is 0 Å². The maximum atomic E-state index is 12.4. The molecule has 1 aliphatic carbocycles. The smallest absolute Gasteiger partial charge is 0.257 e. The summed E-state index contributed by atoms with van der Waals surface area (Å²) in [4.78, 5) is 38.3. The van der Waals surface area contributed by atoms with Gasteiger partial charge in [0.05, 0.1) is 22.9 Å². The van der Waals surface area contributed by atoms with E-state index in [-0.39, 0.29) is 34.2 Å². The fourth-order valence-corrected chi connectivity index (χ4v) is 3.47. The van der Waals surface area contributed by atoms with Crippen molar-refractivity contribution in [3.05, 3.63) is 79.7 Å². The maximum absolute atomic E-state index is 12.4. The Morgan fingerprint density at radius 1 is 1.19 bits per heavy atom. The maximum Gasteiger partial charge on any atom is 0.257 e. The summed E-state index contributed by atoms with van der Waals surface area (Å²) in [7, 11) is 3.04. The van der Waals surface area contributed by atoms with E-state index in [0.29, 0.717) is 12.8 Å². The molecule has 1 atom stereocenters. The van der Waals surface area contributed by atoms with Crippen molar-refractivity contribution in [3.8, 4) is 11.8 Å². The van der Waals surface area contributed by atoms with Crippen LogP contribution >= 0.6 is 0 Å². The summed E-state index contributed by atoms with van der Waals surface area (Å²) < 4.78 is 0. The number of hydrogen-bond acceptors (Lipinski definition) is 7. The minimum atomic E-state index is -0.737. The molecule has 1 aliphatic rings. The molecule has 0 aromatic heterocycles. The van der Waals surface area contributed by atoms with Gasteiger partial charge in [-0.2, -0.15) is 5.26 Å². The fraction of sp³-hybridized carbons (Fsp3) is 0.250.